The minimum absolute atomic E-state index is 0.00248. The summed E-state index contributed by atoms with van der Waals surface area (Å²) >= 11 is 0. The normalized spacial score (nSPS) is 24.2. The second-order valence-corrected chi connectivity index (χ2v) is 7.44. The van der Waals surface area contributed by atoms with Crippen molar-refractivity contribution in [3.8, 4) is 17.2 Å². The highest BCUT2D eigenvalue weighted by molar-refractivity contribution is 6.05. The Morgan fingerprint density at radius 3 is 2.67 bits per heavy atom. The van der Waals surface area contributed by atoms with E-state index in [1.54, 1.807) is 0 Å². The summed E-state index contributed by atoms with van der Waals surface area (Å²) in [7, 11) is 0. The fourth-order valence-corrected chi connectivity index (χ4v) is 4.27. The number of benzene rings is 2. The Labute approximate surface area is 156 Å². The zero-order valence-corrected chi connectivity index (χ0v) is 14.9. The summed E-state index contributed by atoms with van der Waals surface area (Å²) in [5.74, 6) is 0.761. The third kappa shape index (κ3) is 2.96. The number of piperidine rings is 3. The summed E-state index contributed by atoms with van der Waals surface area (Å²) in [5, 5.41) is 13.2. The van der Waals surface area contributed by atoms with Gasteiger partial charge < -0.3 is 19.7 Å². The van der Waals surface area contributed by atoms with Crippen molar-refractivity contribution in [1.82, 2.24) is 15.2 Å². The standard InChI is InChI=1S/C21H21N3O3/c25-15-10-16(20(26)22-17-12-24-8-6-13(17)7-9-24)19-18(11-15)27-21(23-19)14-4-2-1-3-5-14/h1-5,10-11,13,17,25H,6-9,12H2,(H,22,26). The second-order valence-electron chi connectivity index (χ2n) is 7.44. The summed E-state index contributed by atoms with van der Waals surface area (Å²) in [6.45, 7) is 3.14. The number of aromatic nitrogens is 1. The van der Waals surface area contributed by atoms with E-state index in [0.717, 1.165) is 38.0 Å². The summed E-state index contributed by atoms with van der Waals surface area (Å²) < 4.78 is 5.81. The molecule has 3 aliphatic rings. The number of phenolic OH excluding ortho intramolecular Hbond substituents is 1. The van der Waals surface area contributed by atoms with Crippen LogP contribution in [0.4, 0.5) is 0 Å². The lowest BCUT2D eigenvalue weighted by molar-refractivity contribution is 0.0621. The molecule has 6 heteroatoms. The first-order chi connectivity index (χ1) is 13.2. The molecule has 2 N–H and O–H groups in total. The average molecular weight is 363 g/mol. The maximum absolute atomic E-state index is 13.0. The number of nitrogens with one attached hydrogen (secondary N) is 1. The van der Waals surface area contributed by atoms with Crippen LogP contribution in [0.3, 0.4) is 0 Å². The number of phenols is 1. The molecule has 1 amide bonds. The monoisotopic (exact) mass is 363 g/mol. The van der Waals surface area contributed by atoms with Crippen molar-refractivity contribution in [2.24, 2.45) is 5.92 Å². The number of nitrogens with zero attached hydrogens (tertiary/aromatic N) is 2. The van der Waals surface area contributed by atoms with Gasteiger partial charge in [-0.05, 0) is 50.0 Å². The summed E-state index contributed by atoms with van der Waals surface area (Å²) in [5.41, 5.74) is 2.07. The van der Waals surface area contributed by atoms with Crippen molar-refractivity contribution in [2.75, 3.05) is 19.6 Å². The van der Waals surface area contributed by atoms with Crippen LogP contribution in [0.5, 0.6) is 5.75 Å². The van der Waals surface area contributed by atoms with Gasteiger partial charge >= 0.3 is 0 Å². The van der Waals surface area contributed by atoms with E-state index >= 15 is 0 Å². The van der Waals surface area contributed by atoms with Crippen LogP contribution in [0.15, 0.2) is 46.9 Å². The van der Waals surface area contributed by atoms with Gasteiger partial charge in [-0.3, -0.25) is 4.79 Å². The van der Waals surface area contributed by atoms with Gasteiger partial charge in [-0.1, -0.05) is 18.2 Å². The van der Waals surface area contributed by atoms with Crippen molar-refractivity contribution < 1.29 is 14.3 Å². The van der Waals surface area contributed by atoms with Crippen molar-refractivity contribution >= 4 is 17.0 Å². The molecule has 0 saturated carbocycles. The summed E-state index contributed by atoms with van der Waals surface area (Å²) in [4.78, 5) is 19.9. The molecular formula is C21H21N3O3. The van der Waals surface area contributed by atoms with Gasteiger partial charge in [-0.25, -0.2) is 4.98 Å². The average Bonchev–Trinajstić information content (AvgIpc) is 3.13. The molecule has 6 nitrogen and oxygen atoms in total. The van der Waals surface area contributed by atoms with Crippen LogP contribution in [-0.2, 0) is 0 Å². The fraction of sp³-hybridized carbons (Fsp3) is 0.333. The van der Waals surface area contributed by atoms with Gasteiger partial charge in [0.25, 0.3) is 5.91 Å². The van der Waals surface area contributed by atoms with Crippen molar-refractivity contribution in [2.45, 2.75) is 18.9 Å². The van der Waals surface area contributed by atoms with Crippen LogP contribution in [0, 0.1) is 5.92 Å². The molecule has 0 radical (unpaired) electrons. The minimum Gasteiger partial charge on any atom is -0.508 e. The van der Waals surface area contributed by atoms with Crippen LogP contribution in [0.1, 0.15) is 23.2 Å². The van der Waals surface area contributed by atoms with E-state index in [9.17, 15) is 9.90 Å². The predicted molar refractivity (Wildman–Crippen MR) is 102 cm³/mol. The first-order valence-corrected chi connectivity index (χ1v) is 9.39. The number of aromatic hydroxyl groups is 1. The number of carbonyl (C=O) groups excluding carboxylic acids is 1. The SMILES string of the molecule is O=C(NC1CN2CCC1CC2)c1cc(O)cc2oc(-c3ccccc3)nc12. The lowest BCUT2D eigenvalue weighted by Gasteiger charge is -2.44. The second kappa shape index (κ2) is 6.39. The smallest absolute Gasteiger partial charge is 0.254 e. The summed E-state index contributed by atoms with van der Waals surface area (Å²) in [6, 6.07) is 12.7. The van der Waals surface area contributed by atoms with E-state index in [1.807, 2.05) is 30.3 Å². The molecule has 3 aliphatic heterocycles. The number of amides is 1. The molecule has 0 aliphatic carbocycles. The highest BCUT2D eigenvalue weighted by atomic mass is 16.3. The third-order valence-corrected chi connectivity index (χ3v) is 5.72. The van der Waals surface area contributed by atoms with Crippen LogP contribution >= 0.6 is 0 Å². The number of hydrogen-bond donors (Lipinski definition) is 2. The number of fused-ring (bicyclic) bond motifs is 4. The zero-order valence-electron chi connectivity index (χ0n) is 14.9. The summed E-state index contributed by atoms with van der Waals surface area (Å²) in [6.07, 6.45) is 2.25. The van der Waals surface area contributed by atoms with Crippen LogP contribution in [0.25, 0.3) is 22.6 Å². The molecule has 2 aromatic carbocycles. The van der Waals surface area contributed by atoms with Gasteiger partial charge in [0.2, 0.25) is 5.89 Å². The van der Waals surface area contributed by atoms with E-state index in [4.69, 9.17) is 4.42 Å². The van der Waals surface area contributed by atoms with Crippen molar-refractivity contribution in [3.05, 3.63) is 48.0 Å². The minimum atomic E-state index is -0.206. The van der Waals surface area contributed by atoms with E-state index in [0.29, 0.717) is 28.5 Å². The van der Waals surface area contributed by atoms with Gasteiger partial charge in [0.15, 0.2) is 5.58 Å². The molecule has 3 fully saturated rings. The Bertz CT molecular complexity index is 991. The first kappa shape index (κ1) is 16.3. The molecule has 1 atom stereocenters. The Morgan fingerprint density at radius 2 is 1.96 bits per heavy atom. The molecule has 1 aromatic heterocycles. The van der Waals surface area contributed by atoms with Gasteiger partial charge in [0, 0.05) is 24.2 Å². The quantitative estimate of drug-likeness (QED) is 0.748. The van der Waals surface area contributed by atoms with Gasteiger partial charge in [0.1, 0.15) is 11.3 Å². The number of rotatable bonds is 3. The Kier molecular flexibility index (Phi) is 3.86. The molecule has 3 aromatic rings. The van der Waals surface area contributed by atoms with Crippen LogP contribution in [-0.4, -0.2) is 46.6 Å². The van der Waals surface area contributed by atoms with E-state index in [2.05, 4.69) is 15.2 Å². The van der Waals surface area contributed by atoms with Crippen LogP contribution < -0.4 is 5.32 Å². The molecule has 1 unspecified atom stereocenters. The Balaban J connectivity index is 1.48. The van der Waals surface area contributed by atoms with Crippen molar-refractivity contribution in [3.63, 3.8) is 0 Å². The highest BCUT2D eigenvalue weighted by Gasteiger charge is 2.35. The lowest BCUT2D eigenvalue weighted by atomic mass is 9.84. The van der Waals surface area contributed by atoms with E-state index in [-0.39, 0.29) is 17.7 Å². The predicted octanol–water partition coefficient (Wildman–Crippen LogP) is 3.02. The Morgan fingerprint density at radius 1 is 1.19 bits per heavy atom. The topological polar surface area (TPSA) is 78.6 Å². The maximum atomic E-state index is 13.0. The van der Waals surface area contributed by atoms with E-state index < -0.39 is 0 Å². The molecule has 6 rings (SSSR count). The Hall–Kier alpha value is -2.86. The van der Waals surface area contributed by atoms with Crippen molar-refractivity contribution in [1.29, 1.82) is 0 Å². The lowest BCUT2D eigenvalue weighted by Crippen LogP contribution is -2.57. The molecule has 27 heavy (non-hydrogen) atoms. The van der Waals surface area contributed by atoms with Crippen LogP contribution in [0.2, 0.25) is 0 Å². The first-order valence-electron chi connectivity index (χ1n) is 9.39. The maximum Gasteiger partial charge on any atom is 0.254 e. The van der Waals surface area contributed by atoms with Gasteiger partial charge in [-0.15, -0.1) is 0 Å². The third-order valence-electron chi connectivity index (χ3n) is 5.72. The molecule has 2 bridgehead atoms. The fourth-order valence-electron chi connectivity index (χ4n) is 4.27. The number of carbonyl (C=O) groups is 1. The van der Waals surface area contributed by atoms with Gasteiger partial charge in [0.05, 0.1) is 5.56 Å². The van der Waals surface area contributed by atoms with Gasteiger partial charge in [-0.2, -0.15) is 0 Å². The highest BCUT2D eigenvalue weighted by Crippen LogP contribution is 2.31. The molecule has 138 valence electrons. The largest absolute Gasteiger partial charge is 0.508 e. The number of hydrogen-bond acceptors (Lipinski definition) is 5. The molecule has 4 heterocycles. The molecule has 3 saturated heterocycles. The molecular weight excluding hydrogens is 342 g/mol. The molecule has 0 spiro atoms. The zero-order chi connectivity index (χ0) is 18.4. The number of oxazole rings is 1. The van der Waals surface area contributed by atoms with E-state index in [1.165, 1.54) is 12.1 Å².